The number of nitrogens with one attached hydrogen (secondary N) is 1. The van der Waals surface area contributed by atoms with Crippen molar-refractivity contribution in [3.05, 3.63) is 47.5 Å². The van der Waals surface area contributed by atoms with E-state index in [9.17, 15) is 4.79 Å². The summed E-state index contributed by atoms with van der Waals surface area (Å²) in [5.74, 6) is 1.99. The minimum absolute atomic E-state index is 0.0919. The maximum atomic E-state index is 12.2. The molecular weight excluding hydrogens is 306 g/mol. The highest BCUT2D eigenvalue weighted by atomic mass is 16.5. The Hall–Kier alpha value is -2.69. The molecule has 0 saturated carbocycles. The largest absolute Gasteiger partial charge is 0.494 e. The maximum absolute atomic E-state index is 12.2. The van der Waals surface area contributed by atoms with E-state index >= 15 is 0 Å². The van der Waals surface area contributed by atoms with Crippen molar-refractivity contribution >= 4 is 11.6 Å². The molecule has 0 aliphatic carbocycles. The third-order valence-corrected chi connectivity index (χ3v) is 3.57. The van der Waals surface area contributed by atoms with Crippen LogP contribution in [0.4, 0.5) is 5.69 Å². The molecule has 24 heavy (non-hydrogen) atoms. The number of rotatable bonds is 7. The van der Waals surface area contributed by atoms with E-state index < -0.39 is 0 Å². The summed E-state index contributed by atoms with van der Waals surface area (Å²) in [6.45, 7) is 4.51. The van der Waals surface area contributed by atoms with Gasteiger partial charge in [0.1, 0.15) is 5.75 Å². The Morgan fingerprint density at radius 3 is 2.33 bits per heavy atom. The van der Waals surface area contributed by atoms with Crippen molar-refractivity contribution in [2.24, 2.45) is 0 Å². The van der Waals surface area contributed by atoms with Crippen LogP contribution in [-0.2, 0) is 11.2 Å². The van der Waals surface area contributed by atoms with Gasteiger partial charge in [0.2, 0.25) is 5.91 Å². The van der Waals surface area contributed by atoms with Gasteiger partial charge < -0.3 is 19.5 Å². The van der Waals surface area contributed by atoms with E-state index in [-0.39, 0.29) is 12.3 Å². The molecule has 1 amide bonds. The molecule has 5 nitrogen and oxygen atoms in total. The van der Waals surface area contributed by atoms with Crippen LogP contribution < -0.4 is 19.5 Å². The molecule has 0 saturated heterocycles. The van der Waals surface area contributed by atoms with E-state index in [1.807, 2.05) is 44.2 Å². The summed E-state index contributed by atoms with van der Waals surface area (Å²) < 4.78 is 16.0. The van der Waals surface area contributed by atoms with Gasteiger partial charge in [-0.05, 0) is 55.3 Å². The number of carbonyl (C=O) groups is 1. The summed E-state index contributed by atoms with van der Waals surface area (Å²) in [5, 5.41) is 2.90. The van der Waals surface area contributed by atoms with Gasteiger partial charge in [0.25, 0.3) is 0 Å². The summed E-state index contributed by atoms with van der Waals surface area (Å²) in [6.07, 6.45) is 0.257. The van der Waals surface area contributed by atoms with Crippen LogP contribution in [0.1, 0.15) is 18.1 Å². The number of methoxy groups -OCH3 is 2. The first-order chi connectivity index (χ1) is 11.6. The van der Waals surface area contributed by atoms with Gasteiger partial charge in [-0.1, -0.05) is 6.07 Å². The lowest BCUT2D eigenvalue weighted by Crippen LogP contribution is -2.14. The van der Waals surface area contributed by atoms with Gasteiger partial charge in [0, 0.05) is 5.69 Å². The van der Waals surface area contributed by atoms with Gasteiger partial charge in [-0.25, -0.2) is 0 Å². The van der Waals surface area contributed by atoms with Gasteiger partial charge in [0.15, 0.2) is 11.5 Å². The van der Waals surface area contributed by atoms with Crippen molar-refractivity contribution in [2.45, 2.75) is 20.3 Å². The normalized spacial score (nSPS) is 10.2. The highest BCUT2D eigenvalue weighted by Gasteiger charge is 2.09. The molecule has 0 unspecified atom stereocenters. The van der Waals surface area contributed by atoms with Gasteiger partial charge in [0.05, 0.1) is 27.2 Å². The lowest BCUT2D eigenvalue weighted by molar-refractivity contribution is -0.115. The van der Waals surface area contributed by atoms with Crippen molar-refractivity contribution < 1.29 is 19.0 Å². The van der Waals surface area contributed by atoms with Gasteiger partial charge in [-0.3, -0.25) is 4.79 Å². The van der Waals surface area contributed by atoms with Gasteiger partial charge in [-0.2, -0.15) is 0 Å². The number of anilines is 1. The van der Waals surface area contributed by atoms with Crippen LogP contribution in [-0.4, -0.2) is 26.7 Å². The minimum Gasteiger partial charge on any atom is -0.494 e. The second-order valence-corrected chi connectivity index (χ2v) is 5.33. The fourth-order valence-electron chi connectivity index (χ4n) is 2.43. The number of aryl methyl sites for hydroxylation is 1. The number of carbonyl (C=O) groups excluding carboxylic acids is 1. The quantitative estimate of drug-likeness (QED) is 0.843. The molecule has 0 aromatic heterocycles. The molecule has 2 aromatic rings. The molecular formula is C19H23NO4. The molecule has 2 aromatic carbocycles. The number of amides is 1. The molecule has 0 heterocycles. The van der Waals surface area contributed by atoms with E-state index in [1.54, 1.807) is 20.3 Å². The molecule has 128 valence electrons. The number of hydrogen-bond donors (Lipinski definition) is 1. The zero-order valence-corrected chi connectivity index (χ0v) is 14.5. The summed E-state index contributed by atoms with van der Waals surface area (Å²) in [6, 6.07) is 11.1. The first-order valence-corrected chi connectivity index (χ1v) is 7.81. The Morgan fingerprint density at radius 2 is 1.71 bits per heavy atom. The Morgan fingerprint density at radius 1 is 1.00 bits per heavy atom. The van der Waals surface area contributed by atoms with Crippen molar-refractivity contribution in [2.75, 3.05) is 26.1 Å². The maximum Gasteiger partial charge on any atom is 0.228 e. The molecule has 0 bridgehead atoms. The number of hydrogen-bond acceptors (Lipinski definition) is 4. The molecule has 2 rings (SSSR count). The van der Waals surface area contributed by atoms with Crippen molar-refractivity contribution in [1.82, 2.24) is 0 Å². The topological polar surface area (TPSA) is 56.8 Å². The van der Waals surface area contributed by atoms with Crippen LogP contribution in [0.15, 0.2) is 36.4 Å². The summed E-state index contributed by atoms with van der Waals surface area (Å²) >= 11 is 0. The Kier molecular flexibility index (Phi) is 6.07. The van der Waals surface area contributed by atoms with Crippen molar-refractivity contribution in [3.63, 3.8) is 0 Å². The Labute approximate surface area is 142 Å². The SMILES string of the molecule is CCOc1ccc(NC(=O)Cc2ccc(OC)c(OC)c2)cc1C. The third-order valence-electron chi connectivity index (χ3n) is 3.57. The average Bonchev–Trinajstić information content (AvgIpc) is 2.57. The van der Waals surface area contributed by atoms with Crippen LogP contribution in [0.5, 0.6) is 17.2 Å². The first kappa shape index (κ1) is 17.7. The lowest BCUT2D eigenvalue weighted by atomic mass is 10.1. The smallest absolute Gasteiger partial charge is 0.228 e. The van der Waals surface area contributed by atoms with E-state index in [2.05, 4.69) is 5.32 Å². The van der Waals surface area contributed by atoms with Crippen LogP contribution >= 0.6 is 0 Å². The van der Waals surface area contributed by atoms with Crippen LogP contribution in [0.2, 0.25) is 0 Å². The number of benzene rings is 2. The van der Waals surface area contributed by atoms with E-state index in [4.69, 9.17) is 14.2 Å². The Balaban J connectivity index is 2.04. The van der Waals surface area contributed by atoms with E-state index in [1.165, 1.54) is 0 Å². The minimum atomic E-state index is -0.0919. The molecule has 5 heteroatoms. The van der Waals surface area contributed by atoms with Crippen LogP contribution in [0, 0.1) is 6.92 Å². The van der Waals surface area contributed by atoms with Gasteiger partial charge in [-0.15, -0.1) is 0 Å². The lowest BCUT2D eigenvalue weighted by Gasteiger charge is -2.11. The van der Waals surface area contributed by atoms with Gasteiger partial charge >= 0.3 is 0 Å². The monoisotopic (exact) mass is 329 g/mol. The molecule has 0 spiro atoms. The van der Waals surface area contributed by atoms with E-state index in [0.29, 0.717) is 18.1 Å². The van der Waals surface area contributed by atoms with Crippen molar-refractivity contribution in [1.29, 1.82) is 0 Å². The Bertz CT molecular complexity index is 713. The zero-order chi connectivity index (χ0) is 17.5. The first-order valence-electron chi connectivity index (χ1n) is 7.81. The third kappa shape index (κ3) is 4.41. The molecule has 0 aliphatic rings. The zero-order valence-electron chi connectivity index (χ0n) is 14.5. The predicted octanol–water partition coefficient (Wildman–Crippen LogP) is 3.59. The summed E-state index contributed by atoms with van der Waals surface area (Å²) in [5.41, 5.74) is 2.59. The summed E-state index contributed by atoms with van der Waals surface area (Å²) in [4.78, 5) is 12.2. The summed E-state index contributed by atoms with van der Waals surface area (Å²) in [7, 11) is 3.16. The standard InChI is InChI=1S/C19H23NO4/c1-5-24-16-9-7-15(10-13(16)2)20-19(21)12-14-6-8-17(22-3)18(11-14)23-4/h6-11H,5,12H2,1-4H3,(H,20,21). The molecule has 0 atom stereocenters. The molecule has 1 N–H and O–H groups in total. The fourth-order valence-corrected chi connectivity index (χ4v) is 2.43. The molecule has 0 radical (unpaired) electrons. The predicted molar refractivity (Wildman–Crippen MR) is 94.2 cm³/mol. The molecule has 0 fully saturated rings. The highest BCUT2D eigenvalue weighted by Crippen LogP contribution is 2.28. The fraction of sp³-hybridized carbons (Fsp3) is 0.316. The number of ether oxygens (including phenoxy) is 3. The van der Waals surface area contributed by atoms with Crippen LogP contribution in [0.25, 0.3) is 0 Å². The highest BCUT2D eigenvalue weighted by molar-refractivity contribution is 5.92. The van der Waals surface area contributed by atoms with Crippen molar-refractivity contribution in [3.8, 4) is 17.2 Å². The molecule has 0 aliphatic heterocycles. The second-order valence-electron chi connectivity index (χ2n) is 5.33. The van der Waals surface area contributed by atoms with Crippen LogP contribution in [0.3, 0.4) is 0 Å². The second kappa shape index (κ2) is 8.24. The average molecular weight is 329 g/mol. The van der Waals surface area contributed by atoms with E-state index in [0.717, 1.165) is 22.6 Å².